The molecule has 5 nitrogen and oxygen atoms in total. The standard InChI is InChI=1S/C8H6N2O3S/c9-4-1-5(10(12)13)8-6(11)3-14-7(8)2-4/h1-3,11H,9H2. The fourth-order valence-corrected chi connectivity index (χ4v) is 2.18. The molecule has 1 heterocycles. The lowest BCUT2D eigenvalue weighted by molar-refractivity contribution is -0.383. The average Bonchev–Trinajstić information content (AvgIpc) is 2.46. The van der Waals surface area contributed by atoms with Crippen molar-refractivity contribution in [2.75, 3.05) is 5.73 Å². The highest BCUT2D eigenvalue weighted by Gasteiger charge is 2.17. The molecule has 0 aliphatic carbocycles. The maximum absolute atomic E-state index is 10.7. The van der Waals surface area contributed by atoms with Crippen molar-refractivity contribution < 1.29 is 10.0 Å². The van der Waals surface area contributed by atoms with Gasteiger partial charge in [0, 0.05) is 21.8 Å². The van der Waals surface area contributed by atoms with E-state index in [0.29, 0.717) is 10.4 Å². The summed E-state index contributed by atoms with van der Waals surface area (Å²) < 4.78 is 0.620. The van der Waals surface area contributed by atoms with Crippen LogP contribution in [-0.2, 0) is 0 Å². The predicted octanol–water partition coefficient (Wildman–Crippen LogP) is 2.10. The third-order valence-electron chi connectivity index (χ3n) is 1.85. The van der Waals surface area contributed by atoms with Gasteiger partial charge in [-0.1, -0.05) is 0 Å². The molecule has 0 aliphatic rings. The van der Waals surface area contributed by atoms with Crippen LogP contribution in [0.5, 0.6) is 5.75 Å². The molecule has 72 valence electrons. The van der Waals surface area contributed by atoms with Gasteiger partial charge in [-0.15, -0.1) is 11.3 Å². The molecule has 1 aromatic heterocycles. The van der Waals surface area contributed by atoms with Gasteiger partial charge in [-0.3, -0.25) is 10.1 Å². The number of benzene rings is 1. The Kier molecular flexibility index (Phi) is 1.78. The largest absolute Gasteiger partial charge is 0.506 e. The van der Waals surface area contributed by atoms with Gasteiger partial charge >= 0.3 is 0 Å². The lowest BCUT2D eigenvalue weighted by atomic mass is 10.2. The number of fused-ring (bicyclic) bond motifs is 1. The molecular weight excluding hydrogens is 204 g/mol. The summed E-state index contributed by atoms with van der Waals surface area (Å²) in [5.41, 5.74) is 5.66. The molecule has 0 fully saturated rings. The van der Waals surface area contributed by atoms with Crippen LogP contribution in [0.4, 0.5) is 11.4 Å². The molecule has 6 heteroatoms. The van der Waals surface area contributed by atoms with E-state index in [1.807, 2.05) is 0 Å². The van der Waals surface area contributed by atoms with Crippen LogP contribution in [0.25, 0.3) is 10.1 Å². The van der Waals surface area contributed by atoms with Crippen molar-refractivity contribution in [3.05, 3.63) is 27.6 Å². The Morgan fingerprint density at radius 1 is 1.50 bits per heavy atom. The lowest BCUT2D eigenvalue weighted by Gasteiger charge is -1.97. The predicted molar refractivity (Wildman–Crippen MR) is 54.6 cm³/mol. The number of nitrogens with two attached hydrogens (primary N) is 1. The van der Waals surface area contributed by atoms with Gasteiger partial charge in [0.2, 0.25) is 0 Å². The van der Waals surface area contributed by atoms with Crippen LogP contribution in [0.1, 0.15) is 0 Å². The molecule has 0 radical (unpaired) electrons. The Hall–Kier alpha value is -1.82. The monoisotopic (exact) mass is 210 g/mol. The number of nitro benzene ring substituents is 1. The number of nitrogen functional groups attached to an aromatic ring is 1. The van der Waals surface area contributed by atoms with Gasteiger partial charge in [0.25, 0.3) is 5.69 Å². The van der Waals surface area contributed by atoms with Crippen LogP contribution in [0.15, 0.2) is 17.5 Å². The zero-order chi connectivity index (χ0) is 10.3. The van der Waals surface area contributed by atoms with E-state index in [9.17, 15) is 15.2 Å². The van der Waals surface area contributed by atoms with E-state index in [4.69, 9.17) is 5.73 Å². The molecule has 3 N–H and O–H groups in total. The van der Waals surface area contributed by atoms with Gasteiger partial charge in [-0.05, 0) is 6.07 Å². The number of thiophene rings is 1. The maximum Gasteiger partial charge on any atom is 0.283 e. The molecular formula is C8H6N2O3S. The molecule has 0 spiro atoms. The molecule has 0 atom stereocenters. The van der Waals surface area contributed by atoms with Gasteiger partial charge in [0.1, 0.15) is 11.1 Å². The fraction of sp³-hybridized carbons (Fsp3) is 0. The molecule has 0 unspecified atom stereocenters. The number of aromatic hydroxyl groups is 1. The highest BCUT2D eigenvalue weighted by molar-refractivity contribution is 7.17. The van der Waals surface area contributed by atoms with Gasteiger partial charge in [-0.25, -0.2) is 0 Å². The molecule has 0 saturated heterocycles. The van der Waals surface area contributed by atoms with E-state index in [2.05, 4.69) is 0 Å². The van der Waals surface area contributed by atoms with E-state index in [1.54, 1.807) is 6.07 Å². The van der Waals surface area contributed by atoms with Gasteiger partial charge in [0.05, 0.1) is 4.92 Å². The fourth-order valence-electron chi connectivity index (χ4n) is 1.29. The number of anilines is 1. The first-order valence-electron chi connectivity index (χ1n) is 3.73. The average molecular weight is 210 g/mol. The lowest BCUT2D eigenvalue weighted by Crippen LogP contribution is -1.91. The van der Waals surface area contributed by atoms with Crippen molar-refractivity contribution in [2.45, 2.75) is 0 Å². The van der Waals surface area contributed by atoms with Gasteiger partial charge in [0.15, 0.2) is 0 Å². The number of nitro groups is 1. The Labute approximate surface area is 82.5 Å². The van der Waals surface area contributed by atoms with Gasteiger partial charge < -0.3 is 10.8 Å². The second-order valence-corrected chi connectivity index (χ2v) is 3.70. The van der Waals surface area contributed by atoms with E-state index in [0.717, 1.165) is 0 Å². The number of nitrogens with zero attached hydrogens (tertiary/aromatic N) is 1. The third-order valence-corrected chi connectivity index (χ3v) is 2.77. The Bertz CT molecular complexity index is 521. The zero-order valence-corrected chi connectivity index (χ0v) is 7.75. The molecule has 14 heavy (non-hydrogen) atoms. The van der Waals surface area contributed by atoms with Crippen LogP contribution >= 0.6 is 11.3 Å². The zero-order valence-electron chi connectivity index (χ0n) is 6.93. The second kappa shape index (κ2) is 2.85. The number of hydrogen-bond acceptors (Lipinski definition) is 5. The quantitative estimate of drug-likeness (QED) is 0.428. The molecule has 0 bridgehead atoms. The minimum absolute atomic E-state index is 0.0725. The van der Waals surface area contributed by atoms with Crippen LogP contribution < -0.4 is 5.73 Å². The third kappa shape index (κ3) is 1.16. The smallest absolute Gasteiger partial charge is 0.283 e. The van der Waals surface area contributed by atoms with Gasteiger partial charge in [-0.2, -0.15) is 0 Å². The summed E-state index contributed by atoms with van der Waals surface area (Å²) in [7, 11) is 0. The van der Waals surface area contributed by atoms with Crippen molar-refractivity contribution in [1.82, 2.24) is 0 Å². The van der Waals surface area contributed by atoms with Crippen molar-refractivity contribution in [3.8, 4) is 5.75 Å². The Morgan fingerprint density at radius 2 is 2.21 bits per heavy atom. The molecule has 1 aromatic carbocycles. The van der Waals surface area contributed by atoms with Crippen LogP contribution in [-0.4, -0.2) is 10.0 Å². The van der Waals surface area contributed by atoms with Crippen LogP contribution in [0.2, 0.25) is 0 Å². The van der Waals surface area contributed by atoms with Crippen LogP contribution in [0.3, 0.4) is 0 Å². The highest BCUT2D eigenvalue weighted by atomic mass is 32.1. The summed E-state index contributed by atoms with van der Waals surface area (Å²) in [6.45, 7) is 0. The van der Waals surface area contributed by atoms with E-state index >= 15 is 0 Å². The molecule has 0 amide bonds. The summed E-state index contributed by atoms with van der Waals surface area (Å²) in [4.78, 5) is 10.1. The summed E-state index contributed by atoms with van der Waals surface area (Å²) >= 11 is 1.23. The summed E-state index contributed by atoms with van der Waals surface area (Å²) in [6.07, 6.45) is 0. The van der Waals surface area contributed by atoms with Crippen molar-refractivity contribution >= 4 is 32.8 Å². The first-order chi connectivity index (χ1) is 6.59. The Morgan fingerprint density at radius 3 is 2.86 bits per heavy atom. The summed E-state index contributed by atoms with van der Waals surface area (Å²) in [6, 6.07) is 2.85. The summed E-state index contributed by atoms with van der Waals surface area (Å²) in [5.74, 6) is -0.0725. The van der Waals surface area contributed by atoms with Crippen molar-refractivity contribution in [3.63, 3.8) is 0 Å². The minimum atomic E-state index is -0.550. The van der Waals surface area contributed by atoms with E-state index in [1.165, 1.54) is 22.8 Å². The molecule has 0 saturated carbocycles. The number of hydrogen-bond donors (Lipinski definition) is 2. The molecule has 2 aromatic rings. The second-order valence-electron chi connectivity index (χ2n) is 2.79. The number of rotatable bonds is 1. The number of non-ortho nitro benzene ring substituents is 1. The minimum Gasteiger partial charge on any atom is -0.506 e. The molecule has 2 rings (SSSR count). The SMILES string of the molecule is Nc1cc([N+](=O)[O-])c2c(O)csc2c1. The topological polar surface area (TPSA) is 89.4 Å². The highest BCUT2D eigenvalue weighted by Crippen LogP contribution is 2.39. The first-order valence-corrected chi connectivity index (χ1v) is 4.61. The Balaban J connectivity index is 2.90. The van der Waals surface area contributed by atoms with E-state index in [-0.39, 0.29) is 16.8 Å². The maximum atomic E-state index is 10.7. The first kappa shape index (κ1) is 8.76. The normalized spacial score (nSPS) is 10.6. The molecule has 0 aliphatic heterocycles. The van der Waals surface area contributed by atoms with Crippen LogP contribution in [0, 0.1) is 10.1 Å². The van der Waals surface area contributed by atoms with Crippen molar-refractivity contribution in [2.24, 2.45) is 0 Å². The van der Waals surface area contributed by atoms with E-state index < -0.39 is 4.92 Å². The summed E-state index contributed by atoms with van der Waals surface area (Å²) in [5, 5.41) is 21.8. The van der Waals surface area contributed by atoms with Crippen molar-refractivity contribution in [1.29, 1.82) is 0 Å².